The standard InChI is InChI=1S/C13H26N2OS/c1(2-5-14-13-4-11-17-12-13)3-6-15-7-9-16-10-8-15/h13-14H,1-12H2/t13-/m0/s1. The molecule has 4 heteroatoms. The number of thioether (sulfide) groups is 1. The van der Waals surface area contributed by atoms with Gasteiger partial charge in [0, 0.05) is 24.9 Å². The van der Waals surface area contributed by atoms with Crippen molar-refractivity contribution in [2.45, 2.75) is 31.7 Å². The fraction of sp³-hybridized carbons (Fsp3) is 1.00. The lowest BCUT2D eigenvalue weighted by atomic mass is 10.2. The number of hydrogen-bond acceptors (Lipinski definition) is 4. The van der Waals surface area contributed by atoms with Crippen LogP contribution in [0.25, 0.3) is 0 Å². The Morgan fingerprint density at radius 2 is 2.06 bits per heavy atom. The van der Waals surface area contributed by atoms with Gasteiger partial charge in [-0.1, -0.05) is 6.42 Å². The van der Waals surface area contributed by atoms with Crippen LogP contribution >= 0.6 is 11.8 Å². The molecule has 2 aliphatic heterocycles. The molecular weight excluding hydrogens is 232 g/mol. The van der Waals surface area contributed by atoms with Crippen LogP contribution in [0.5, 0.6) is 0 Å². The summed E-state index contributed by atoms with van der Waals surface area (Å²) >= 11 is 2.09. The number of nitrogens with zero attached hydrogens (tertiary/aromatic N) is 1. The molecular formula is C13H26N2OS. The number of nitrogens with one attached hydrogen (secondary N) is 1. The molecule has 0 bridgehead atoms. The van der Waals surface area contributed by atoms with Gasteiger partial charge in [-0.15, -0.1) is 0 Å². The monoisotopic (exact) mass is 258 g/mol. The molecule has 2 fully saturated rings. The van der Waals surface area contributed by atoms with Crippen LogP contribution in [-0.2, 0) is 4.74 Å². The number of hydrogen-bond donors (Lipinski definition) is 1. The van der Waals surface area contributed by atoms with Crippen LogP contribution in [0.2, 0.25) is 0 Å². The predicted molar refractivity (Wildman–Crippen MR) is 74.8 cm³/mol. The van der Waals surface area contributed by atoms with E-state index in [1.54, 1.807) is 0 Å². The van der Waals surface area contributed by atoms with Crippen LogP contribution in [0.3, 0.4) is 0 Å². The second-order valence-corrected chi connectivity index (χ2v) is 6.18. The molecule has 0 aromatic heterocycles. The third-order valence-electron chi connectivity index (χ3n) is 3.62. The minimum atomic E-state index is 0.805. The van der Waals surface area contributed by atoms with Crippen LogP contribution in [-0.4, -0.2) is 61.8 Å². The average molecular weight is 258 g/mol. The van der Waals surface area contributed by atoms with E-state index in [1.165, 1.54) is 50.3 Å². The zero-order valence-corrected chi connectivity index (χ0v) is 11.6. The molecule has 0 aromatic carbocycles. The topological polar surface area (TPSA) is 24.5 Å². The molecule has 0 unspecified atom stereocenters. The van der Waals surface area contributed by atoms with Gasteiger partial charge < -0.3 is 10.1 Å². The molecule has 0 spiro atoms. The fourth-order valence-corrected chi connectivity index (χ4v) is 3.65. The van der Waals surface area contributed by atoms with Gasteiger partial charge in [-0.25, -0.2) is 0 Å². The molecule has 1 N–H and O–H groups in total. The third-order valence-corrected chi connectivity index (χ3v) is 4.78. The van der Waals surface area contributed by atoms with E-state index in [2.05, 4.69) is 22.0 Å². The second kappa shape index (κ2) is 8.35. The Kier molecular flexibility index (Phi) is 6.71. The molecule has 0 amide bonds. The molecule has 17 heavy (non-hydrogen) atoms. The predicted octanol–water partition coefficient (Wildman–Crippen LogP) is 1.58. The van der Waals surface area contributed by atoms with E-state index in [4.69, 9.17) is 4.74 Å². The van der Waals surface area contributed by atoms with Crippen molar-refractivity contribution in [1.29, 1.82) is 0 Å². The first-order valence-corrected chi connectivity index (χ1v) is 8.22. The van der Waals surface area contributed by atoms with Crippen LogP contribution < -0.4 is 5.32 Å². The molecule has 2 rings (SSSR count). The zero-order chi connectivity index (χ0) is 11.8. The Balaban J connectivity index is 1.38. The second-order valence-electron chi connectivity index (χ2n) is 5.03. The van der Waals surface area contributed by atoms with Crippen molar-refractivity contribution < 1.29 is 4.74 Å². The first-order chi connectivity index (χ1) is 8.45. The van der Waals surface area contributed by atoms with E-state index < -0.39 is 0 Å². The zero-order valence-electron chi connectivity index (χ0n) is 10.8. The highest BCUT2D eigenvalue weighted by Gasteiger charge is 2.13. The number of morpholine rings is 1. The lowest BCUT2D eigenvalue weighted by Gasteiger charge is -2.26. The van der Waals surface area contributed by atoms with E-state index in [-0.39, 0.29) is 0 Å². The van der Waals surface area contributed by atoms with E-state index in [9.17, 15) is 0 Å². The van der Waals surface area contributed by atoms with Crippen LogP contribution in [0.1, 0.15) is 25.7 Å². The van der Waals surface area contributed by atoms with E-state index >= 15 is 0 Å². The first-order valence-electron chi connectivity index (χ1n) is 7.06. The summed E-state index contributed by atoms with van der Waals surface area (Å²) in [7, 11) is 0. The van der Waals surface area contributed by atoms with Crippen molar-refractivity contribution in [1.82, 2.24) is 10.2 Å². The summed E-state index contributed by atoms with van der Waals surface area (Å²) in [4.78, 5) is 2.53. The lowest BCUT2D eigenvalue weighted by Crippen LogP contribution is -2.36. The van der Waals surface area contributed by atoms with Crippen molar-refractivity contribution in [3.63, 3.8) is 0 Å². The van der Waals surface area contributed by atoms with Crippen molar-refractivity contribution in [3.05, 3.63) is 0 Å². The van der Waals surface area contributed by atoms with Gasteiger partial charge in [-0.3, -0.25) is 4.90 Å². The van der Waals surface area contributed by atoms with Crippen molar-refractivity contribution in [3.8, 4) is 0 Å². The van der Waals surface area contributed by atoms with Crippen molar-refractivity contribution in [2.24, 2.45) is 0 Å². The minimum absolute atomic E-state index is 0.805. The molecule has 1 atom stereocenters. The SMILES string of the molecule is C(CCN[C@H]1CCSC1)CCN1CCOCC1. The quantitative estimate of drug-likeness (QED) is 0.701. The van der Waals surface area contributed by atoms with Gasteiger partial charge in [-0.05, 0) is 38.1 Å². The lowest BCUT2D eigenvalue weighted by molar-refractivity contribution is 0.0371. The number of unbranched alkanes of at least 4 members (excludes halogenated alkanes) is 2. The Bertz CT molecular complexity index is 192. The molecule has 2 aliphatic rings. The molecule has 2 saturated heterocycles. The highest BCUT2D eigenvalue weighted by molar-refractivity contribution is 7.99. The summed E-state index contributed by atoms with van der Waals surface area (Å²) in [6.07, 6.45) is 5.43. The number of rotatable bonds is 7. The van der Waals surface area contributed by atoms with E-state index in [1.807, 2.05) is 0 Å². The van der Waals surface area contributed by atoms with Gasteiger partial charge >= 0.3 is 0 Å². The molecule has 2 heterocycles. The molecule has 100 valence electrons. The van der Waals surface area contributed by atoms with Gasteiger partial charge in [0.1, 0.15) is 0 Å². The highest BCUT2D eigenvalue weighted by atomic mass is 32.2. The van der Waals surface area contributed by atoms with E-state index in [0.29, 0.717) is 0 Å². The molecule has 0 radical (unpaired) electrons. The largest absolute Gasteiger partial charge is 0.379 e. The van der Waals surface area contributed by atoms with Crippen molar-refractivity contribution in [2.75, 3.05) is 50.9 Å². The van der Waals surface area contributed by atoms with Gasteiger partial charge in [0.2, 0.25) is 0 Å². The molecule has 3 nitrogen and oxygen atoms in total. The maximum atomic E-state index is 5.35. The Hall–Kier alpha value is 0.230. The van der Waals surface area contributed by atoms with Crippen LogP contribution in [0, 0.1) is 0 Å². The van der Waals surface area contributed by atoms with Gasteiger partial charge in [0.15, 0.2) is 0 Å². The molecule has 0 saturated carbocycles. The summed E-state index contributed by atoms with van der Waals surface area (Å²) in [5, 5.41) is 3.67. The Labute approximate surface area is 110 Å². The van der Waals surface area contributed by atoms with Gasteiger partial charge in [-0.2, -0.15) is 11.8 Å². The van der Waals surface area contributed by atoms with Crippen molar-refractivity contribution >= 4 is 11.8 Å². The normalized spacial score (nSPS) is 26.5. The Morgan fingerprint density at radius 3 is 2.82 bits per heavy atom. The van der Waals surface area contributed by atoms with Crippen LogP contribution in [0.4, 0.5) is 0 Å². The number of ether oxygens (including phenoxy) is 1. The van der Waals surface area contributed by atoms with E-state index in [0.717, 1.165) is 32.3 Å². The summed E-state index contributed by atoms with van der Waals surface area (Å²) in [5.74, 6) is 2.68. The summed E-state index contributed by atoms with van der Waals surface area (Å²) < 4.78 is 5.35. The average Bonchev–Trinajstić information content (AvgIpc) is 2.88. The summed E-state index contributed by atoms with van der Waals surface area (Å²) in [5.41, 5.74) is 0. The highest BCUT2D eigenvalue weighted by Crippen LogP contribution is 2.16. The molecule has 0 aliphatic carbocycles. The van der Waals surface area contributed by atoms with Crippen LogP contribution in [0.15, 0.2) is 0 Å². The summed E-state index contributed by atoms with van der Waals surface area (Å²) in [6, 6.07) is 0.805. The smallest absolute Gasteiger partial charge is 0.0594 e. The van der Waals surface area contributed by atoms with Gasteiger partial charge in [0.25, 0.3) is 0 Å². The minimum Gasteiger partial charge on any atom is -0.379 e. The maximum Gasteiger partial charge on any atom is 0.0594 e. The fourth-order valence-electron chi connectivity index (χ4n) is 2.46. The maximum absolute atomic E-state index is 5.35. The first kappa shape index (κ1) is 13.7. The Morgan fingerprint density at radius 1 is 1.18 bits per heavy atom. The summed E-state index contributed by atoms with van der Waals surface area (Å²) in [6.45, 7) is 6.62. The van der Waals surface area contributed by atoms with Gasteiger partial charge in [0.05, 0.1) is 13.2 Å². The third kappa shape index (κ3) is 5.60. The molecule has 0 aromatic rings.